The van der Waals surface area contributed by atoms with Crippen molar-refractivity contribution in [1.29, 1.82) is 0 Å². The summed E-state index contributed by atoms with van der Waals surface area (Å²) in [4.78, 5) is 50.1. The van der Waals surface area contributed by atoms with Crippen molar-refractivity contribution in [3.05, 3.63) is 130 Å². The van der Waals surface area contributed by atoms with Gasteiger partial charge in [-0.1, -0.05) is 46.3 Å². The average molecular weight is 631 g/mol. The van der Waals surface area contributed by atoms with Gasteiger partial charge in [0.2, 0.25) is 5.91 Å². The van der Waals surface area contributed by atoms with Gasteiger partial charge < -0.3 is 21.1 Å². The molecule has 0 atom stereocenters. The average Bonchev–Trinajstić information content (AvgIpc) is 2.97. The van der Waals surface area contributed by atoms with Crippen LogP contribution in [0.2, 0.25) is 0 Å². The van der Waals surface area contributed by atoms with Crippen molar-refractivity contribution in [2.24, 2.45) is 0 Å². The van der Waals surface area contributed by atoms with Crippen molar-refractivity contribution < 1.29 is 24.3 Å². The summed E-state index contributed by atoms with van der Waals surface area (Å²) in [6.45, 7) is 0. The van der Waals surface area contributed by atoms with Crippen molar-refractivity contribution in [2.75, 3.05) is 16.4 Å². The number of benzene rings is 4. The van der Waals surface area contributed by atoms with Gasteiger partial charge in [0.15, 0.2) is 0 Å². The highest BCUT2D eigenvalue weighted by molar-refractivity contribution is 9.10. The van der Waals surface area contributed by atoms with Crippen molar-refractivity contribution in [1.82, 2.24) is 5.32 Å². The fourth-order valence-corrected chi connectivity index (χ4v) is 4.70. The molecule has 8 nitrogen and oxygen atoms in total. The van der Waals surface area contributed by atoms with Crippen molar-refractivity contribution in [3.8, 4) is 0 Å². The van der Waals surface area contributed by atoms with E-state index >= 15 is 0 Å². The number of carboxylic acids is 1. The van der Waals surface area contributed by atoms with Gasteiger partial charge in [0.1, 0.15) is 5.70 Å². The van der Waals surface area contributed by atoms with Crippen LogP contribution in [-0.4, -0.2) is 34.6 Å². The zero-order chi connectivity index (χ0) is 29.2. The predicted molar refractivity (Wildman–Crippen MR) is 164 cm³/mol. The number of rotatable bonds is 10. The van der Waals surface area contributed by atoms with Crippen LogP contribution in [0.25, 0.3) is 6.08 Å². The molecule has 0 fully saturated rings. The van der Waals surface area contributed by atoms with Crippen molar-refractivity contribution in [3.63, 3.8) is 0 Å². The maximum atomic E-state index is 13.2. The molecular formula is C31H24BrN3O5S. The zero-order valence-corrected chi connectivity index (χ0v) is 23.9. The van der Waals surface area contributed by atoms with Crippen LogP contribution in [0.5, 0.6) is 0 Å². The van der Waals surface area contributed by atoms with Crippen LogP contribution >= 0.6 is 27.7 Å². The van der Waals surface area contributed by atoms with Crippen molar-refractivity contribution in [2.45, 2.75) is 4.90 Å². The van der Waals surface area contributed by atoms with Crippen molar-refractivity contribution >= 4 is 68.8 Å². The van der Waals surface area contributed by atoms with Crippen LogP contribution in [0.15, 0.2) is 118 Å². The Morgan fingerprint density at radius 2 is 1.41 bits per heavy atom. The SMILES string of the molecule is O=C(CSc1ccc(NC(=O)/C(=C/c2cccc(Br)c2)NC(=O)c2ccccc2)cc1)Nc1ccc(C(=O)O)cc1. The standard InChI is InChI=1S/C31H24BrN3O5S/c32-23-8-4-5-20(17-23)18-27(35-29(37)21-6-2-1-3-7-21)30(38)34-25-13-15-26(16-14-25)41-19-28(36)33-24-11-9-22(10-12-24)31(39)40/h1-18H,19H2,(H,33,36)(H,34,38)(H,35,37)(H,39,40)/b27-18-. The minimum Gasteiger partial charge on any atom is -0.478 e. The van der Waals surface area contributed by atoms with Crippen LogP contribution < -0.4 is 16.0 Å². The van der Waals surface area contributed by atoms with Gasteiger partial charge in [0.05, 0.1) is 11.3 Å². The summed E-state index contributed by atoms with van der Waals surface area (Å²) in [6.07, 6.45) is 1.60. The molecule has 4 aromatic carbocycles. The lowest BCUT2D eigenvalue weighted by molar-refractivity contribution is -0.114. The molecule has 0 aliphatic rings. The first-order valence-electron chi connectivity index (χ1n) is 12.3. The van der Waals surface area contributed by atoms with Gasteiger partial charge in [0.25, 0.3) is 11.8 Å². The van der Waals surface area contributed by atoms with Crippen LogP contribution in [0.1, 0.15) is 26.3 Å². The largest absolute Gasteiger partial charge is 0.478 e. The fraction of sp³-hybridized carbons (Fsp3) is 0.0323. The number of carbonyl (C=O) groups is 4. The summed E-state index contributed by atoms with van der Waals surface area (Å²) in [5.74, 6) is -2.05. The highest BCUT2D eigenvalue weighted by atomic mass is 79.9. The van der Waals surface area contributed by atoms with Gasteiger partial charge in [-0.25, -0.2) is 4.79 Å². The van der Waals surface area contributed by atoms with E-state index in [4.69, 9.17) is 5.11 Å². The molecule has 41 heavy (non-hydrogen) atoms. The number of thioether (sulfide) groups is 1. The summed E-state index contributed by atoms with van der Waals surface area (Å²) in [7, 11) is 0. The van der Waals surface area contributed by atoms with Gasteiger partial charge in [-0.15, -0.1) is 11.8 Å². The van der Waals surface area contributed by atoms with Gasteiger partial charge in [-0.05, 0) is 84.4 Å². The summed E-state index contributed by atoms with van der Waals surface area (Å²) < 4.78 is 0.832. The van der Waals surface area contributed by atoms with Crippen LogP contribution in [0, 0.1) is 0 Å². The Labute approximate surface area is 249 Å². The number of anilines is 2. The van der Waals surface area contributed by atoms with Gasteiger partial charge in [-0.2, -0.15) is 0 Å². The Kier molecular flexibility index (Phi) is 10.1. The Hall–Kier alpha value is -4.67. The molecule has 0 bridgehead atoms. The molecule has 4 rings (SSSR count). The molecular weight excluding hydrogens is 606 g/mol. The first-order valence-corrected chi connectivity index (χ1v) is 14.1. The summed E-state index contributed by atoms with van der Waals surface area (Å²) in [5.41, 5.74) is 2.37. The quantitative estimate of drug-likeness (QED) is 0.121. The lowest BCUT2D eigenvalue weighted by atomic mass is 10.1. The highest BCUT2D eigenvalue weighted by Gasteiger charge is 2.15. The monoisotopic (exact) mass is 629 g/mol. The molecule has 0 saturated carbocycles. The molecule has 0 heterocycles. The van der Waals surface area contributed by atoms with E-state index in [0.717, 1.165) is 14.9 Å². The van der Waals surface area contributed by atoms with Crippen LogP contribution in [0.3, 0.4) is 0 Å². The molecule has 10 heteroatoms. The number of carboxylic acid groups (broad SMARTS) is 1. The third-order valence-electron chi connectivity index (χ3n) is 5.59. The second-order valence-corrected chi connectivity index (χ2v) is 10.6. The van der Waals surface area contributed by atoms with E-state index in [1.807, 2.05) is 24.3 Å². The number of hydrogen-bond acceptors (Lipinski definition) is 5. The molecule has 0 aromatic heterocycles. The Balaban J connectivity index is 1.38. The second-order valence-electron chi connectivity index (χ2n) is 8.63. The zero-order valence-electron chi connectivity index (χ0n) is 21.5. The van der Waals surface area contributed by atoms with E-state index in [1.165, 1.54) is 36.0 Å². The van der Waals surface area contributed by atoms with Gasteiger partial charge >= 0.3 is 5.97 Å². The lowest BCUT2D eigenvalue weighted by Gasteiger charge is -2.12. The smallest absolute Gasteiger partial charge is 0.335 e. The third-order valence-corrected chi connectivity index (χ3v) is 7.09. The Morgan fingerprint density at radius 3 is 2.07 bits per heavy atom. The van der Waals surface area contributed by atoms with Crippen LogP contribution in [0.4, 0.5) is 11.4 Å². The minimum atomic E-state index is -1.04. The molecule has 0 unspecified atom stereocenters. The Bertz CT molecular complexity index is 1590. The van der Waals surface area contributed by atoms with E-state index in [1.54, 1.807) is 60.7 Å². The molecule has 3 amide bonds. The molecule has 0 aliphatic carbocycles. The van der Waals surface area contributed by atoms with E-state index in [2.05, 4.69) is 31.9 Å². The number of halogens is 1. The Morgan fingerprint density at radius 1 is 0.756 bits per heavy atom. The van der Waals surface area contributed by atoms with E-state index in [-0.39, 0.29) is 22.9 Å². The summed E-state index contributed by atoms with van der Waals surface area (Å²) in [5, 5.41) is 17.2. The number of aromatic carboxylic acids is 1. The molecule has 206 valence electrons. The van der Waals surface area contributed by atoms with Gasteiger partial charge in [-0.3, -0.25) is 14.4 Å². The number of nitrogens with one attached hydrogen (secondary N) is 3. The molecule has 4 N–H and O–H groups in total. The van der Waals surface area contributed by atoms with Gasteiger partial charge in [0, 0.05) is 26.3 Å². The number of amides is 3. The first-order chi connectivity index (χ1) is 19.8. The molecule has 0 spiro atoms. The van der Waals surface area contributed by atoms with E-state index in [9.17, 15) is 19.2 Å². The molecule has 4 aromatic rings. The fourth-order valence-electron chi connectivity index (χ4n) is 3.58. The molecule has 0 saturated heterocycles. The maximum Gasteiger partial charge on any atom is 0.335 e. The maximum absolute atomic E-state index is 13.2. The summed E-state index contributed by atoms with van der Waals surface area (Å²) >= 11 is 4.73. The predicted octanol–water partition coefficient (Wildman–Crippen LogP) is 6.29. The van der Waals surface area contributed by atoms with Crippen LogP contribution in [-0.2, 0) is 9.59 Å². The third kappa shape index (κ3) is 8.92. The highest BCUT2D eigenvalue weighted by Crippen LogP contribution is 2.22. The second kappa shape index (κ2) is 14.1. The molecule has 0 aliphatic heterocycles. The lowest BCUT2D eigenvalue weighted by Crippen LogP contribution is -2.30. The van der Waals surface area contributed by atoms with E-state index < -0.39 is 17.8 Å². The first kappa shape index (κ1) is 29.3. The summed E-state index contributed by atoms with van der Waals surface area (Å²) in [6, 6.07) is 28.8. The molecule has 0 radical (unpaired) electrons. The number of hydrogen-bond donors (Lipinski definition) is 4. The number of carbonyl (C=O) groups excluding carboxylic acids is 3. The van der Waals surface area contributed by atoms with E-state index in [0.29, 0.717) is 16.9 Å². The topological polar surface area (TPSA) is 125 Å². The minimum absolute atomic E-state index is 0.0727. The normalized spacial score (nSPS) is 10.9.